The fourth-order valence-electron chi connectivity index (χ4n) is 3.04. The van der Waals surface area contributed by atoms with E-state index in [9.17, 15) is 18.0 Å². The number of aromatic nitrogens is 2. The van der Waals surface area contributed by atoms with Crippen LogP contribution in [0.25, 0.3) is 21.7 Å². The Labute approximate surface area is 179 Å². The molecule has 1 aliphatic rings. The van der Waals surface area contributed by atoms with Crippen molar-refractivity contribution in [3.8, 4) is 21.7 Å². The van der Waals surface area contributed by atoms with E-state index in [0.29, 0.717) is 24.2 Å². The first-order valence-corrected chi connectivity index (χ1v) is 10.2. The minimum Gasteiger partial charge on any atom is -0.378 e. The molecule has 0 atom stereocenters. The standard InChI is InChI=1S/C20H17F3N6OS/c1-2-24-19(30)29-17-8-12(18-28-16(10-31-18)20(21,22)23)13(9-27-17)11-3-4-14-15(7-11)26-6-5-25-14/h3-5,7-10,26H,2,6H2,1H3,(H2,24,27,29,30). The number of amides is 2. The van der Waals surface area contributed by atoms with Crippen molar-refractivity contribution in [1.82, 2.24) is 15.3 Å². The van der Waals surface area contributed by atoms with Gasteiger partial charge < -0.3 is 10.6 Å². The van der Waals surface area contributed by atoms with E-state index in [1.165, 1.54) is 12.3 Å². The smallest absolute Gasteiger partial charge is 0.378 e. The van der Waals surface area contributed by atoms with Crippen molar-refractivity contribution in [2.75, 3.05) is 23.7 Å². The molecular formula is C20H17F3N6OS. The summed E-state index contributed by atoms with van der Waals surface area (Å²) >= 11 is 0.879. The summed E-state index contributed by atoms with van der Waals surface area (Å²) in [7, 11) is 0. The van der Waals surface area contributed by atoms with E-state index in [0.717, 1.165) is 33.7 Å². The molecule has 0 saturated carbocycles. The molecule has 31 heavy (non-hydrogen) atoms. The average Bonchev–Trinajstić information content (AvgIpc) is 3.24. The first kappa shape index (κ1) is 20.8. The highest BCUT2D eigenvalue weighted by Gasteiger charge is 2.34. The van der Waals surface area contributed by atoms with Crippen LogP contribution in [0, 0.1) is 0 Å². The number of anilines is 2. The molecule has 1 aromatic carbocycles. The maximum absolute atomic E-state index is 13.1. The van der Waals surface area contributed by atoms with E-state index in [2.05, 4.69) is 30.9 Å². The Morgan fingerprint density at radius 2 is 2.10 bits per heavy atom. The van der Waals surface area contributed by atoms with E-state index >= 15 is 0 Å². The topological polar surface area (TPSA) is 91.3 Å². The molecule has 0 aliphatic carbocycles. The van der Waals surface area contributed by atoms with Gasteiger partial charge in [0, 0.05) is 35.5 Å². The molecule has 0 bridgehead atoms. The number of nitrogens with one attached hydrogen (secondary N) is 3. The number of carbonyl (C=O) groups is 1. The summed E-state index contributed by atoms with van der Waals surface area (Å²) in [4.78, 5) is 24.2. The van der Waals surface area contributed by atoms with E-state index < -0.39 is 17.9 Å². The molecular weight excluding hydrogens is 429 g/mol. The number of halogens is 3. The van der Waals surface area contributed by atoms with Gasteiger partial charge in [-0.15, -0.1) is 11.3 Å². The molecule has 2 aromatic heterocycles. The number of rotatable bonds is 4. The predicted molar refractivity (Wildman–Crippen MR) is 115 cm³/mol. The summed E-state index contributed by atoms with van der Waals surface area (Å²) < 4.78 is 39.3. The van der Waals surface area contributed by atoms with Crippen LogP contribution in [0.2, 0.25) is 0 Å². The zero-order valence-electron chi connectivity index (χ0n) is 16.2. The molecule has 0 spiro atoms. The van der Waals surface area contributed by atoms with Gasteiger partial charge in [-0.1, -0.05) is 6.07 Å². The molecule has 3 N–H and O–H groups in total. The first-order chi connectivity index (χ1) is 14.8. The Kier molecular flexibility index (Phi) is 5.59. The Balaban J connectivity index is 1.80. The van der Waals surface area contributed by atoms with Crippen LogP contribution in [0.3, 0.4) is 0 Å². The highest BCUT2D eigenvalue weighted by Crippen LogP contribution is 2.40. The number of benzene rings is 1. The Morgan fingerprint density at radius 1 is 1.26 bits per heavy atom. The predicted octanol–water partition coefficient (Wildman–Crippen LogP) is 5.16. The fraction of sp³-hybridized carbons (Fsp3) is 0.200. The number of hydrogen-bond donors (Lipinski definition) is 3. The molecule has 160 valence electrons. The lowest BCUT2D eigenvalue weighted by molar-refractivity contribution is -0.140. The lowest BCUT2D eigenvalue weighted by atomic mass is 10.0. The second-order valence-corrected chi connectivity index (χ2v) is 7.42. The highest BCUT2D eigenvalue weighted by atomic mass is 32.1. The number of fused-ring (bicyclic) bond motifs is 1. The van der Waals surface area contributed by atoms with Gasteiger partial charge in [0.1, 0.15) is 10.8 Å². The van der Waals surface area contributed by atoms with E-state index in [1.807, 2.05) is 18.2 Å². The maximum Gasteiger partial charge on any atom is 0.434 e. The molecule has 0 unspecified atom stereocenters. The number of hydrogen-bond acceptors (Lipinski definition) is 6. The van der Waals surface area contributed by atoms with E-state index in [1.54, 1.807) is 13.1 Å². The molecule has 0 saturated heterocycles. The van der Waals surface area contributed by atoms with Gasteiger partial charge in [0.2, 0.25) is 0 Å². The van der Waals surface area contributed by atoms with Crippen LogP contribution in [-0.2, 0) is 6.18 Å². The number of pyridine rings is 1. The van der Waals surface area contributed by atoms with Crippen LogP contribution >= 0.6 is 11.3 Å². The summed E-state index contributed by atoms with van der Waals surface area (Å²) in [5, 5.41) is 9.52. The Morgan fingerprint density at radius 3 is 2.84 bits per heavy atom. The minimum absolute atomic E-state index is 0.173. The summed E-state index contributed by atoms with van der Waals surface area (Å²) in [6.07, 6.45) is -1.28. The van der Waals surface area contributed by atoms with Crippen molar-refractivity contribution >= 4 is 40.8 Å². The molecule has 3 heterocycles. The Hall–Kier alpha value is -3.47. The van der Waals surface area contributed by atoms with Crippen molar-refractivity contribution in [2.45, 2.75) is 13.1 Å². The van der Waals surface area contributed by atoms with E-state index in [-0.39, 0.29) is 10.8 Å². The number of thiazole rings is 1. The van der Waals surface area contributed by atoms with E-state index in [4.69, 9.17) is 0 Å². The van der Waals surface area contributed by atoms with Crippen LogP contribution in [-0.4, -0.2) is 35.3 Å². The number of aliphatic imine (C=N–C) groups is 1. The number of carbonyl (C=O) groups excluding carboxylic acids is 1. The van der Waals surface area contributed by atoms with Crippen LogP contribution in [0.4, 0.5) is 35.2 Å². The van der Waals surface area contributed by atoms with Crippen LogP contribution in [0.1, 0.15) is 12.6 Å². The SMILES string of the molecule is CCNC(=O)Nc1cc(-c2nc(C(F)(F)F)cs2)c(-c2ccc3c(c2)NCC=N3)cn1. The van der Waals surface area contributed by atoms with Crippen LogP contribution in [0.15, 0.2) is 40.8 Å². The number of urea groups is 1. The molecule has 2 amide bonds. The van der Waals surface area contributed by atoms with Crippen LogP contribution in [0.5, 0.6) is 0 Å². The van der Waals surface area contributed by atoms with Crippen LogP contribution < -0.4 is 16.0 Å². The minimum atomic E-state index is -4.54. The lowest BCUT2D eigenvalue weighted by Crippen LogP contribution is -2.28. The van der Waals surface area contributed by atoms with Crippen molar-refractivity contribution in [3.05, 3.63) is 41.5 Å². The quantitative estimate of drug-likeness (QED) is 0.516. The monoisotopic (exact) mass is 446 g/mol. The van der Waals surface area contributed by atoms with Gasteiger partial charge >= 0.3 is 12.2 Å². The average molecular weight is 446 g/mol. The largest absolute Gasteiger partial charge is 0.434 e. The van der Waals surface area contributed by atoms with Gasteiger partial charge in [-0.2, -0.15) is 13.2 Å². The molecule has 0 radical (unpaired) electrons. The highest BCUT2D eigenvalue weighted by molar-refractivity contribution is 7.13. The van der Waals surface area contributed by atoms with Crippen molar-refractivity contribution in [3.63, 3.8) is 0 Å². The first-order valence-electron chi connectivity index (χ1n) is 9.34. The molecule has 1 aliphatic heterocycles. The van der Waals surface area contributed by atoms with Gasteiger partial charge in [-0.3, -0.25) is 10.3 Å². The Bertz CT molecular complexity index is 1160. The summed E-state index contributed by atoms with van der Waals surface area (Å²) in [5.74, 6) is 0.203. The van der Waals surface area contributed by atoms with Gasteiger partial charge in [0.05, 0.1) is 17.9 Å². The van der Waals surface area contributed by atoms with Gasteiger partial charge in [-0.05, 0) is 30.7 Å². The van der Waals surface area contributed by atoms with Crippen molar-refractivity contribution in [2.24, 2.45) is 4.99 Å². The normalized spacial score (nSPS) is 12.8. The molecule has 4 rings (SSSR count). The van der Waals surface area contributed by atoms with Gasteiger partial charge in [0.25, 0.3) is 0 Å². The zero-order valence-corrected chi connectivity index (χ0v) is 17.1. The zero-order chi connectivity index (χ0) is 22.0. The molecule has 11 heteroatoms. The third kappa shape index (κ3) is 4.50. The molecule has 0 fully saturated rings. The second-order valence-electron chi connectivity index (χ2n) is 6.56. The third-order valence-corrected chi connectivity index (χ3v) is 5.31. The van der Waals surface area contributed by atoms with Crippen molar-refractivity contribution < 1.29 is 18.0 Å². The number of nitrogens with zero attached hydrogens (tertiary/aromatic N) is 3. The summed E-state index contributed by atoms with van der Waals surface area (Å²) in [5.41, 5.74) is 2.37. The summed E-state index contributed by atoms with van der Waals surface area (Å²) in [6, 6.07) is 6.57. The van der Waals surface area contributed by atoms with Gasteiger partial charge in [0.15, 0.2) is 5.69 Å². The third-order valence-electron chi connectivity index (χ3n) is 4.43. The number of alkyl halides is 3. The maximum atomic E-state index is 13.1. The molecule has 7 nitrogen and oxygen atoms in total. The lowest BCUT2D eigenvalue weighted by Gasteiger charge is -2.15. The summed E-state index contributed by atoms with van der Waals surface area (Å²) in [6.45, 7) is 2.77. The second kappa shape index (κ2) is 8.34. The fourth-order valence-corrected chi connectivity index (χ4v) is 3.89. The van der Waals surface area contributed by atoms with Gasteiger partial charge in [-0.25, -0.2) is 14.8 Å². The molecule has 3 aromatic rings. The van der Waals surface area contributed by atoms with Crippen molar-refractivity contribution in [1.29, 1.82) is 0 Å².